The molecule has 0 aliphatic heterocycles. The maximum Gasteiger partial charge on any atom is 0.414 e. The second-order valence-electron chi connectivity index (χ2n) is 7.11. The van der Waals surface area contributed by atoms with Crippen LogP contribution in [0.4, 0.5) is 10.5 Å². The minimum absolute atomic E-state index is 0.0701. The first-order valence-corrected chi connectivity index (χ1v) is 7.52. The molecule has 0 spiro atoms. The van der Waals surface area contributed by atoms with Crippen molar-refractivity contribution in [1.82, 2.24) is 0 Å². The number of aryl methyl sites for hydroxylation is 1. The first kappa shape index (κ1) is 15.8. The summed E-state index contributed by atoms with van der Waals surface area (Å²) in [5.74, 6) is 0. The molecule has 0 saturated heterocycles. The van der Waals surface area contributed by atoms with Gasteiger partial charge in [-0.05, 0) is 64.8 Å². The van der Waals surface area contributed by atoms with Crippen LogP contribution in [0.3, 0.4) is 0 Å². The molecule has 4 heteroatoms. The highest BCUT2D eigenvalue weighted by atomic mass is 16.6. The van der Waals surface area contributed by atoms with Crippen LogP contribution in [0.1, 0.15) is 39.2 Å². The monoisotopic (exact) mass is 290 g/mol. The number of hydrogen-bond donors (Lipinski definition) is 1. The van der Waals surface area contributed by atoms with Crippen LogP contribution in [0.2, 0.25) is 0 Å². The fourth-order valence-electron chi connectivity index (χ4n) is 2.31. The van der Waals surface area contributed by atoms with Gasteiger partial charge < -0.3 is 10.5 Å². The Morgan fingerprint density at radius 2 is 2.05 bits per heavy atom. The van der Waals surface area contributed by atoms with Crippen molar-refractivity contribution in [1.29, 1.82) is 0 Å². The van der Waals surface area contributed by atoms with Crippen LogP contribution in [-0.4, -0.2) is 24.8 Å². The molecule has 1 fully saturated rings. The topological polar surface area (TPSA) is 55.6 Å². The van der Waals surface area contributed by atoms with Crippen LogP contribution < -0.4 is 10.6 Å². The van der Waals surface area contributed by atoms with Crippen molar-refractivity contribution in [2.24, 2.45) is 11.1 Å². The predicted molar refractivity (Wildman–Crippen MR) is 85.5 cm³/mol. The molecular formula is C17H26N2O2. The number of hydrogen-bond acceptors (Lipinski definition) is 3. The van der Waals surface area contributed by atoms with Crippen LogP contribution in [0.25, 0.3) is 0 Å². The van der Waals surface area contributed by atoms with E-state index in [1.165, 1.54) is 0 Å². The van der Waals surface area contributed by atoms with Crippen molar-refractivity contribution in [3.63, 3.8) is 0 Å². The fraction of sp³-hybridized carbons (Fsp3) is 0.588. The second kappa shape index (κ2) is 5.68. The Kier molecular flexibility index (Phi) is 4.28. The lowest BCUT2D eigenvalue weighted by molar-refractivity contribution is 0.0573. The number of carbonyl (C=O) groups is 1. The van der Waals surface area contributed by atoms with Gasteiger partial charge in [-0.15, -0.1) is 0 Å². The summed E-state index contributed by atoms with van der Waals surface area (Å²) in [5.41, 5.74) is 7.44. The molecule has 1 aromatic carbocycles. The average molecular weight is 290 g/mol. The van der Waals surface area contributed by atoms with Crippen LogP contribution in [0.5, 0.6) is 0 Å². The van der Waals surface area contributed by atoms with Gasteiger partial charge in [0.05, 0.1) is 0 Å². The van der Waals surface area contributed by atoms with Gasteiger partial charge in [0.15, 0.2) is 0 Å². The summed E-state index contributed by atoms with van der Waals surface area (Å²) in [5, 5.41) is 0. The van der Waals surface area contributed by atoms with Crippen molar-refractivity contribution >= 4 is 11.8 Å². The SMILES string of the molecule is Cc1cccc(N(CC2(CN)CC2)C(=O)OC(C)(C)C)c1. The number of rotatable bonds is 4. The van der Waals surface area contributed by atoms with Crippen LogP contribution in [0, 0.1) is 12.3 Å². The molecule has 2 rings (SSSR count). The Bertz CT molecular complexity index is 516. The summed E-state index contributed by atoms with van der Waals surface area (Å²) in [4.78, 5) is 14.3. The molecule has 0 bridgehead atoms. The van der Waals surface area contributed by atoms with E-state index in [0.717, 1.165) is 24.1 Å². The predicted octanol–water partition coefficient (Wildman–Crippen LogP) is 3.48. The Labute approximate surface area is 127 Å². The molecule has 116 valence electrons. The van der Waals surface area contributed by atoms with E-state index < -0.39 is 5.60 Å². The molecule has 1 aromatic rings. The third-order valence-electron chi connectivity index (χ3n) is 3.81. The molecule has 0 aromatic heterocycles. The highest BCUT2D eigenvalue weighted by molar-refractivity contribution is 5.88. The quantitative estimate of drug-likeness (QED) is 0.923. The van der Waals surface area contributed by atoms with E-state index in [4.69, 9.17) is 10.5 Å². The Balaban J connectivity index is 2.24. The van der Waals surface area contributed by atoms with Gasteiger partial charge in [-0.25, -0.2) is 4.79 Å². The van der Waals surface area contributed by atoms with E-state index in [2.05, 4.69) is 0 Å². The average Bonchev–Trinajstić information content (AvgIpc) is 3.14. The number of ether oxygens (including phenoxy) is 1. The van der Waals surface area contributed by atoms with Gasteiger partial charge in [0.1, 0.15) is 5.60 Å². The van der Waals surface area contributed by atoms with Gasteiger partial charge >= 0.3 is 6.09 Å². The van der Waals surface area contributed by atoms with Gasteiger partial charge in [0, 0.05) is 17.6 Å². The summed E-state index contributed by atoms with van der Waals surface area (Å²) in [6.07, 6.45) is 1.86. The van der Waals surface area contributed by atoms with Gasteiger partial charge in [0.2, 0.25) is 0 Å². The Hall–Kier alpha value is -1.55. The van der Waals surface area contributed by atoms with Crippen LogP contribution >= 0.6 is 0 Å². The lowest BCUT2D eigenvalue weighted by atomic mass is 10.1. The normalized spacial score (nSPS) is 16.4. The highest BCUT2D eigenvalue weighted by Crippen LogP contribution is 2.46. The van der Waals surface area contributed by atoms with Gasteiger partial charge in [-0.2, -0.15) is 0 Å². The van der Waals surface area contributed by atoms with E-state index in [-0.39, 0.29) is 11.5 Å². The molecule has 1 amide bonds. The lowest BCUT2D eigenvalue weighted by Gasteiger charge is -2.30. The second-order valence-corrected chi connectivity index (χ2v) is 7.11. The zero-order valence-electron chi connectivity index (χ0n) is 13.5. The fourth-order valence-corrected chi connectivity index (χ4v) is 2.31. The zero-order valence-corrected chi connectivity index (χ0v) is 13.5. The number of nitrogens with zero attached hydrogens (tertiary/aromatic N) is 1. The summed E-state index contributed by atoms with van der Waals surface area (Å²) in [6, 6.07) is 7.94. The first-order valence-electron chi connectivity index (χ1n) is 7.52. The molecule has 0 atom stereocenters. The van der Waals surface area contributed by atoms with Crippen LogP contribution in [0.15, 0.2) is 24.3 Å². The van der Waals surface area contributed by atoms with Crippen molar-refractivity contribution in [2.75, 3.05) is 18.0 Å². The maximum atomic E-state index is 12.6. The van der Waals surface area contributed by atoms with Gasteiger partial charge in [-0.1, -0.05) is 12.1 Å². The molecular weight excluding hydrogens is 264 g/mol. The highest BCUT2D eigenvalue weighted by Gasteiger charge is 2.44. The summed E-state index contributed by atoms with van der Waals surface area (Å²) in [6.45, 7) is 8.91. The number of nitrogens with two attached hydrogens (primary N) is 1. The van der Waals surface area contributed by atoms with E-state index in [0.29, 0.717) is 13.1 Å². The minimum atomic E-state index is -0.501. The third-order valence-corrected chi connectivity index (χ3v) is 3.81. The molecule has 4 nitrogen and oxygen atoms in total. The summed E-state index contributed by atoms with van der Waals surface area (Å²) < 4.78 is 5.56. The number of carbonyl (C=O) groups excluding carboxylic acids is 1. The molecule has 1 saturated carbocycles. The van der Waals surface area contributed by atoms with Crippen LogP contribution in [-0.2, 0) is 4.74 Å². The molecule has 0 radical (unpaired) electrons. The zero-order chi connectivity index (χ0) is 15.7. The minimum Gasteiger partial charge on any atom is -0.443 e. The van der Waals surface area contributed by atoms with Gasteiger partial charge in [0.25, 0.3) is 0 Å². The van der Waals surface area contributed by atoms with Gasteiger partial charge in [-0.3, -0.25) is 4.90 Å². The van der Waals surface area contributed by atoms with Crippen molar-refractivity contribution in [3.05, 3.63) is 29.8 Å². The smallest absolute Gasteiger partial charge is 0.414 e. The van der Waals surface area contributed by atoms with Crippen molar-refractivity contribution < 1.29 is 9.53 Å². The molecule has 1 aliphatic rings. The molecule has 0 unspecified atom stereocenters. The van der Waals surface area contributed by atoms with Crippen molar-refractivity contribution in [2.45, 2.75) is 46.1 Å². The molecule has 21 heavy (non-hydrogen) atoms. The molecule has 1 aliphatic carbocycles. The van der Waals surface area contributed by atoms with E-state index in [1.807, 2.05) is 52.0 Å². The summed E-state index contributed by atoms with van der Waals surface area (Å²) in [7, 11) is 0. The molecule has 0 heterocycles. The maximum absolute atomic E-state index is 12.6. The van der Waals surface area contributed by atoms with E-state index >= 15 is 0 Å². The molecule has 2 N–H and O–H groups in total. The number of amides is 1. The number of benzene rings is 1. The van der Waals surface area contributed by atoms with Crippen molar-refractivity contribution in [3.8, 4) is 0 Å². The Morgan fingerprint density at radius 1 is 1.38 bits per heavy atom. The van der Waals surface area contributed by atoms with E-state index in [1.54, 1.807) is 4.90 Å². The first-order chi connectivity index (χ1) is 9.75. The standard InChI is InChI=1S/C17H26N2O2/c1-13-6-5-7-14(10-13)19(12-17(11-18)8-9-17)15(20)21-16(2,3)4/h5-7,10H,8-9,11-12,18H2,1-4H3. The largest absolute Gasteiger partial charge is 0.443 e. The third kappa shape index (κ3) is 4.21. The Morgan fingerprint density at radius 3 is 2.52 bits per heavy atom. The number of anilines is 1. The van der Waals surface area contributed by atoms with E-state index in [9.17, 15) is 4.79 Å². The summed E-state index contributed by atoms with van der Waals surface area (Å²) >= 11 is 0. The lowest BCUT2D eigenvalue weighted by Crippen LogP contribution is -2.42.